The number of piperazine rings is 1. The van der Waals surface area contributed by atoms with Crippen molar-refractivity contribution in [3.63, 3.8) is 0 Å². The first kappa shape index (κ1) is 14.5. The molecule has 19 heavy (non-hydrogen) atoms. The van der Waals surface area contributed by atoms with E-state index in [1.165, 1.54) is 17.5 Å². The average Bonchev–Trinajstić information content (AvgIpc) is 2.38. The number of aryl methyl sites for hydroxylation is 1. The Morgan fingerprint density at radius 2 is 2.26 bits per heavy atom. The van der Waals surface area contributed by atoms with Crippen LogP contribution in [-0.4, -0.2) is 35.1 Å². The molecule has 1 aromatic rings. The topological polar surface area (TPSA) is 28.2 Å². The fraction of sp³-hybridized carbons (Fsp3) is 0.688. The summed E-state index contributed by atoms with van der Waals surface area (Å²) in [7, 11) is 0. The fourth-order valence-electron chi connectivity index (χ4n) is 2.96. The molecule has 0 amide bonds. The predicted octanol–water partition coefficient (Wildman–Crippen LogP) is 2.60. The molecule has 2 rings (SSSR count). The molecule has 106 valence electrons. The molecule has 0 aromatic carbocycles. The third-order valence-electron chi connectivity index (χ3n) is 4.27. The molecule has 2 heterocycles. The Kier molecular flexibility index (Phi) is 4.94. The van der Waals surface area contributed by atoms with E-state index in [1.807, 2.05) is 12.4 Å². The summed E-state index contributed by atoms with van der Waals surface area (Å²) in [6.45, 7) is 12.3. The maximum absolute atomic E-state index is 4.32. The highest BCUT2D eigenvalue weighted by Gasteiger charge is 2.29. The summed E-state index contributed by atoms with van der Waals surface area (Å²) >= 11 is 0. The first-order chi connectivity index (χ1) is 9.10. The lowest BCUT2D eigenvalue weighted by molar-refractivity contribution is 0.0884. The Bertz CT molecular complexity index is 405. The van der Waals surface area contributed by atoms with E-state index in [9.17, 15) is 0 Å². The molecule has 1 aliphatic rings. The van der Waals surface area contributed by atoms with Crippen LogP contribution in [0.4, 0.5) is 0 Å². The third kappa shape index (κ3) is 3.77. The normalized spacial score (nSPS) is 26.3. The number of rotatable bonds is 4. The van der Waals surface area contributed by atoms with E-state index in [2.05, 4.69) is 49.0 Å². The van der Waals surface area contributed by atoms with Gasteiger partial charge in [0.05, 0.1) is 0 Å². The van der Waals surface area contributed by atoms with Gasteiger partial charge < -0.3 is 5.32 Å². The summed E-state index contributed by atoms with van der Waals surface area (Å²) in [5.74, 6) is 0.734. The lowest BCUT2D eigenvalue weighted by atomic mass is 9.94. The third-order valence-corrected chi connectivity index (χ3v) is 4.27. The van der Waals surface area contributed by atoms with Crippen molar-refractivity contribution in [2.45, 2.75) is 52.7 Å². The van der Waals surface area contributed by atoms with Crippen molar-refractivity contribution in [1.82, 2.24) is 15.2 Å². The van der Waals surface area contributed by atoms with E-state index >= 15 is 0 Å². The molecule has 3 nitrogen and oxygen atoms in total. The van der Waals surface area contributed by atoms with E-state index in [-0.39, 0.29) is 0 Å². The van der Waals surface area contributed by atoms with Crippen molar-refractivity contribution in [3.05, 3.63) is 29.6 Å². The van der Waals surface area contributed by atoms with Crippen molar-refractivity contribution in [1.29, 1.82) is 0 Å². The molecular formula is C16H27N3. The molecule has 1 aromatic heterocycles. The van der Waals surface area contributed by atoms with Gasteiger partial charge in [0, 0.05) is 44.1 Å². The minimum Gasteiger partial charge on any atom is -0.311 e. The van der Waals surface area contributed by atoms with Gasteiger partial charge in [-0.1, -0.05) is 26.3 Å². The maximum atomic E-state index is 4.32. The number of aromatic nitrogens is 1. The van der Waals surface area contributed by atoms with Crippen LogP contribution >= 0.6 is 0 Å². The van der Waals surface area contributed by atoms with Crippen LogP contribution in [0.3, 0.4) is 0 Å². The van der Waals surface area contributed by atoms with Gasteiger partial charge in [-0.25, -0.2) is 0 Å². The van der Waals surface area contributed by atoms with E-state index in [4.69, 9.17) is 0 Å². The fourth-order valence-corrected chi connectivity index (χ4v) is 2.96. The highest BCUT2D eigenvalue weighted by Crippen LogP contribution is 2.20. The second-order valence-corrected chi connectivity index (χ2v) is 6.06. The van der Waals surface area contributed by atoms with Crippen molar-refractivity contribution < 1.29 is 0 Å². The Hall–Kier alpha value is -0.930. The number of nitrogens with zero attached hydrogens (tertiary/aromatic N) is 2. The SMILES string of the molecule is CCC(C)C1CNC(C)CN1Cc1cncc(C)c1. The molecule has 1 saturated heterocycles. The number of nitrogens with one attached hydrogen (secondary N) is 1. The Balaban J connectivity index is 2.09. The molecular weight excluding hydrogens is 234 g/mol. The van der Waals surface area contributed by atoms with E-state index in [1.54, 1.807) is 0 Å². The van der Waals surface area contributed by atoms with Crippen molar-refractivity contribution in [2.24, 2.45) is 5.92 Å². The largest absolute Gasteiger partial charge is 0.311 e. The molecule has 0 saturated carbocycles. The van der Waals surface area contributed by atoms with Gasteiger partial charge >= 0.3 is 0 Å². The zero-order valence-corrected chi connectivity index (χ0v) is 12.7. The molecule has 0 spiro atoms. The summed E-state index contributed by atoms with van der Waals surface area (Å²) in [5.41, 5.74) is 2.59. The monoisotopic (exact) mass is 261 g/mol. The first-order valence-electron chi connectivity index (χ1n) is 7.48. The summed E-state index contributed by atoms with van der Waals surface area (Å²) in [4.78, 5) is 6.95. The number of hydrogen-bond acceptors (Lipinski definition) is 3. The minimum atomic E-state index is 0.582. The zero-order valence-electron chi connectivity index (χ0n) is 12.7. The molecule has 0 aliphatic carbocycles. The van der Waals surface area contributed by atoms with Crippen LogP contribution < -0.4 is 5.32 Å². The minimum absolute atomic E-state index is 0.582. The van der Waals surface area contributed by atoms with Gasteiger partial charge in [-0.3, -0.25) is 9.88 Å². The molecule has 3 unspecified atom stereocenters. The molecule has 1 aliphatic heterocycles. The van der Waals surface area contributed by atoms with E-state index in [0.29, 0.717) is 12.1 Å². The molecule has 3 atom stereocenters. The van der Waals surface area contributed by atoms with Crippen LogP contribution in [0.15, 0.2) is 18.5 Å². The Morgan fingerprint density at radius 1 is 1.47 bits per heavy atom. The Morgan fingerprint density at radius 3 is 2.95 bits per heavy atom. The highest BCUT2D eigenvalue weighted by atomic mass is 15.2. The van der Waals surface area contributed by atoms with Gasteiger partial charge in [0.2, 0.25) is 0 Å². The van der Waals surface area contributed by atoms with Gasteiger partial charge in [-0.05, 0) is 30.9 Å². The van der Waals surface area contributed by atoms with Crippen LogP contribution in [-0.2, 0) is 6.54 Å². The summed E-state index contributed by atoms with van der Waals surface area (Å²) in [6, 6.07) is 3.48. The first-order valence-corrected chi connectivity index (χ1v) is 7.48. The smallest absolute Gasteiger partial charge is 0.0313 e. The molecule has 3 heteroatoms. The standard InChI is InChI=1S/C16H27N3/c1-5-13(3)16-9-18-14(4)10-19(16)11-15-6-12(2)7-17-8-15/h6-8,13-14,16,18H,5,9-11H2,1-4H3. The second kappa shape index (κ2) is 6.49. The molecule has 1 fully saturated rings. The summed E-state index contributed by atoms with van der Waals surface area (Å²) < 4.78 is 0. The van der Waals surface area contributed by atoms with Gasteiger partial charge in [0.1, 0.15) is 0 Å². The lowest BCUT2D eigenvalue weighted by Crippen LogP contribution is -2.57. The maximum Gasteiger partial charge on any atom is 0.0313 e. The summed E-state index contributed by atoms with van der Waals surface area (Å²) in [5, 5.41) is 3.62. The van der Waals surface area contributed by atoms with Gasteiger partial charge in [-0.2, -0.15) is 0 Å². The zero-order chi connectivity index (χ0) is 13.8. The second-order valence-electron chi connectivity index (χ2n) is 6.06. The summed E-state index contributed by atoms with van der Waals surface area (Å²) in [6.07, 6.45) is 5.17. The van der Waals surface area contributed by atoms with E-state index < -0.39 is 0 Å². The van der Waals surface area contributed by atoms with Gasteiger partial charge in [0.25, 0.3) is 0 Å². The van der Waals surface area contributed by atoms with Crippen molar-refractivity contribution >= 4 is 0 Å². The molecule has 1 N–H and O–H groups in total. The van der Waals surface area contributed by atoms with Gasteiger partial charge in [-0.15, -0.1) is 0 Å². The quantitative estimate of drug-likeness (QED) is 0.903. The van der Waals surface area contributed by atoms with Crippen LogP contribution in [0.2, 0.25) is 0 Å². The Labute approximate surface area is 117 Å². The average molecular weight is 261 g/mol. The van der Waals surface area contributed by atoms with Crippen LogP contribution in [0.5, 0.6) is 0 Å². The van der Waals surface area contributed by atoms with Crippen LogP contribution in [0.25, 0.3) is 0 Å². The molecule has 0 bridgehead atoms. The van der Waals surface area contributed by atoms with Crippen LogP contribution in [0.1, 0.15) is 38.3 Å². The number of hydrogen-bond donors (Lipinski definition) is 1. The highest BCUT2D eigenvalue weighted by molar-refractivity contribution is 5.16. The number of pyridine rings is 1. The lowest BCUT2D eigenvalue weighted by Gasteiger charge is -2.42. The van der Waals surface area contributed by atoms with Crippen molar-refractivity contribution in [3.8, 4) is 0 Å². The van der Waals surface area contributed by atoms with Crippen molar-refractivity contribution in [2.75, 3.05) is 13.1 Å². The van der Waals surface area contributed by atoms with Gasteiger partial charge in [0.15, 0.2) is 0 Å². The molecule has 0 radical (unpaired) electrons. The van der Waals surface area contributed by atoms with Crippen LogP contribution in [0, 0.1) is 12.8 Å². The predicted molar refractivity (Wildman–Crippen MR) is 80.1 cm³/mol. The van der Waals surface area contributed by atoms with E-state index in [0.717, 1.165) is 25.6 Å².